The molecule has 0 spiro atoms. The van der Waals surface area contributed by atoms with Gasteiger partial charge in [0.25, 0.3) is 0 Å². The van der Waals surface area contributed by atoms with Gasteiger partial charge >= 0.3 is 0 Å². The highest BCUT2D eigenvalue weighted by Gasteiger charge is 2.33. The first kappa shape index (κ1) is 23.3. The summed E-state index contributed by atoms with van der Waals surface area (Å²) in [6, 6.07) is 13.8. The van der Waals surface area contributed by atoms with Crippen LogP contribution in [0.4, 0.5) is 11.4 Å². The molecule has 2 nitrogen and oxygen atoms in total. The molecule has 0 aliphatic rings. The van der Waals surface area contributed by atoms with Crippen molar-refractivity contribution in [3.63, 3.8) is 0 Å². The first-order valence-corrected chi connectivity index (χ1v) is 11.0. The largest absolute Gasteiger partial charge is 0.381 e. The van der Waals surface area contributed by atoms with E-state index in [1.165, 1.54) is 33.6 Å². The molecule has 2 N–H and O–H groups in total. The van der Waals surface area contributed by atoms with E-state index < -0.39 is 0 Å². The van der Waals surface area contributed by atoms with Gasteiger partial charge in [-0.05, 0) is 67.2 Å². The van der Waals surface area contributed by atoms with Gasteiger partial charge in [0.2, 0.25) is 0 Å². The van der Waals surface area contributed by atoms with Crippen molar-refractivity contribution in [2.45, 2.75) is 87.7 Å². The lowest BCUT2D eigenvalue weighted by Crippen LogP contribution is -2.44. The number of rotatable bonds is 6. The summed E-state index contributed by atoms with van der Waals surface area (Å²) >= 11 is 0. The summed E-state index contributed by atoms with van der Waals surface area (Å²) in [6.45, 7) is 22.9. The van der Waals surface area contributed by atoms with Crippen LogP contribution in [0.15, 0.2) is 36.4 Å². The maximum Gasteiger partial charge on any atom is 0.0401 e. The molecule has 0 bridgehead atoms. The third-order valence-electron chi connectivity index (χ3n) is 6.16. The maximum absolute atomic E-state index is 3.93. The van der Waals surface area contributed by atoms with E-state index in [0.717, 1.165) is 6.42 Å². The lowest BCUT2D eigenvalue weighted by molar-refractivity contribution is 0.254. The third-order valence-corrected chi connectivity index (χ3v) is 6.16. The van der Waals surface area contributed by atoms with Gasteiger partial charge in [0, 0.05) is 23.5 Å². The Labute approximate surface area is 179 Å². The molecular formula is C27H42N2. The van der Waals surface area contributed by atoms with Crippen molar-refractivity contribution in [3.05, 3.63) is 58.7 Å². The Hall–Kier alpha value is -1.96. The minimum absolute atomic E-state index is 0.140. The number of anilines is 2. The second kappa shape index (κ2) is 8.81. The highest BCUT2D eigenvalue weighted by atomic mass is 15.0. The molecule has 2 heteroatoms. The van der Waals surface area contributed by atoms with Crippen molar-refractivity contribution in [1.82, 2.24) is 0 Å². The minimum atomic E-state index is 0.140. The number of nitrogens with one attached hydrogen (secondary N) is 2. The summed E-state index contributed by atoms with van der Waals surface area (Å²) in [7, 11) is 0. The second-order valence-electron chi connectivity index (χ2n) is 10.9. The normalized spacial score (nSPS) is 14.4. The molecular weight excluding hydrogens is 352 g/mol. The molecule has 160 valence electrons. The van der Waals surface area contributed by atoms with Crippen molar-refractivity contribution < 1.29 is 0 Å². The van der Waals surface area contributed by atoms with Gasteiger partial charge in [0.15, 0.2) is 0 Å². The highest BCUT2D eigenvalue weighted by Crippen LogP contribution is 2.35. The number of hydrogen-bond donors (Lipinski definition) is 2. The van der Waals surface area contributed by atoms with Crippen LogP contribution in [0, 0.1) is 38.5 Å². The fourth-order valence-electron chi connectivity index (χ4n) is 3.93. The Morgan fingerprint density at radius 3 is 1.10 bits per heavy atom. The van der Waals surface area contributed by atoms with Gasteiger partial charge in [-0.1, -0.05) is 77.9 Å². The van der Waals surface area contributed by atoms with E-state index in [1.54, 1.807) is 0 Å². The molecule has 0 saturated heterocycles. The van der Waals surface area contributed by atoms with E-state index in [0.29, 0.717) is 12.1 Å². The average Bonchev–Trinajstić information content (AvgIpc) is 2.56. The molecule has 2 rings (SSSR count). The first-order valence-electron chi connectivity index (χ1n) is 11.0. The van der Waals surface area contributed by atoms with E-state index in [2.05, 4.69) is 116 Å². The van der Waals surface area contributed by atoms with E-state index >= 15 is 0 Å². The van der Waals surface area contributed by atoms with Gasteiger partial charge in [-0.3, -0.25) is 0 Å². The van der Waals surface area contributed by atoms with Crippen LogP contribution >= 0.6 is 0 Å². The van der Waals surface area contributed by atoms with Crippen LogP contribution in [-0.2, 0) is 0 Å². The molecule has 2 aromatic rings. The van der Waals surface area contributed by atoms with Crippen LogP contribution in [-0.4, -0.2) is 12.1 Å². The topological polar surface area (TPSA) is 24.1 Å². The van der Waals surface area contributed by atoms with Crippen molar-refractivity contribution in [2.75, 3.05) is 10.6 Å². The predicted octanol–water partition coefficient (Wildman–Crippen LogP) is 7.66. The van der Waals surface area contributed by atoms with Gasteiger partial charge in [0.05, 0.1) is 0 Å². The van der Waals surface area contributed by atoms with Gasteiger partial charge in [-0.25, -0.2) is 0 Å². The van der Waals surface area contributed by atoms with Crippen LogP contribution in [0.3, 0.4) is 0 Å². The van der Waals surface area contributed by atoms with Crippen LogP contribution in [0.5, 0.6) is 0 Å². The monoisotopic (exact) mass is 394 g/mol. The Bertz CT molecular complexity index is 711. The third kappa shape index (κ3) is 6.01. The molecule has 0 heterocycles. The quantitative estimate of drug-likeness (QED) is 0.525. The van der Waals surface area contributed by atoms with Crippen molar-refractivity contribution in [2.24, 2.45) is 10.8 Å². The van der Waals surface area contributed by atoms with Crippen LogP contribution in [0.2, 0.25) is 0 Å². The second-order valence-corrected chi connectivity index (χ2v) is 10.9. The average molecular weight is 395 g/mol. The lowest BCUT2D eigenvalue weighted by Gasteiger charge is -2.41. The zero-order valence-corrected chi connectivity index (χ0v) is 20.3. The Kier molecular flexibility index (Phi) is 7.09. The van der Waals surface area contributed by atoms with Crippen molar-refractivity contribution >= 4 is 11.4 Å². The summed E-state index contributed by atoms with van der Waals surface area (Å²) < 4.78 is 0. The molecule has 0 saturated carbocycles. The van der Waals surface area contributed by atoms with Gasteiger partial charge in [-0.15, -0.1) is 0 Å². The molecule has 2 aromatic carbocycles. The fraction of sp³-hybridized carbons (Fsp3) is 0.556. The van der Waals surface area contributed by atoms with Gasteiger partial charge < -0.3 is 10.6 Å². The highest BCUT2D eigenvalue weighted by molar-refractivity contribution is 5.59. The summed E-state index contributed by atoms with van der Waals surface area (Å²) in [5.41, 5.74) is 8.10. The van der Waals surface area contributed by atoms with E-state index in [4.69, 9.17) is 0 Å². The van der Waals surface area contributed by atoms with Crippen LogP contribution in [0.25, 0.3) is 0 Å². The smallest absolute Gasteiger partial charge is 0.0401 e. The molecule has 0 fully saturated rings. The summed E-state index contributed by atoms with van der Waals surface area (Å²) in [5, 5.41) is 7.87. The van der Waals surface area contributed by atoms with Gasteiger partial charge in [0.1, 0.15) is 0 Å². The van der Waals surface area contributed by atoms with Crippen LogP contribution < -0.4 is 10.6 Å². The van der Waals surface area contributed by atoms with E-state index in [9.17, 15) is 0 Å². The molecule has 29 heavy (non-hydrogen) atoms. The summed E-state index contributed by atoms with van der Waals surface area (Å²) in [5.74, 6) is 0. The van der Waals surface area contributed by atoms with Crippen molar-refractivity contribution in [3.8, 4) is 0 Å². The predicted molar refractivity (Wildman–Crippen MR) is 130 cm³/mol. The molecule has 2 atom stereocenters. The summed E-state index contributed by atoms with van der Waals surface area (Å²) in [6.07, 6.45) is 1.05. The van der Waals surface area contributed by atoms with Gasteiger partial charge in [-0.2, -0.15) is 0 Å². The SMILES string of the molecule is Cc1cccc(C)c1NC(CC(Nc1c(C)cccc1C)C(C)(C)C)C(C)(C)C. The van der Waals surface area contributed by atoms with E-state index in [1.807, 2.05) is 0 Å². The standard InChI is InChI=1S/C27H42N2/c1-18-13-11-14-19(2)24(18)28-22(26(5,6)7)17-23(27(8,9)10)29-25-20(3)15-12-16-21(25)4/h11-16,22-23,28-29H,17H2,1-10H3. The number of benzene rings is 2. The lowest BCUT2D eigenvalue weighted by atomic mass is 9.76. The van der Waals surface area contributed by atoms with E-state index in [-0.39, 0.29) is 10.8 Å². The number of aryl methyl sites for hydroxylation is 4. The Morgan fingerprint density at radius 1 is 0.586 bits per heavy atom. The molecule has 0 aliphatic heterocycles. The fourth-order valence-corrected chi connectivity index (χ4v) is 3.93. The summed E-state index contributed by atoms with van der Waals surface area (Å²) in [4.78, 5) is 0. The minimum Gasteiger partial charge on any atom is -0.381 e. The molecule has 0 aliphatic carbocycles. The number of hydrogen-bond acceptors (Lipinski definition) is 2. The Morgan fingerprint density at radius 2 is 0.862 bits per heavy atom. The zero-order valence-electron chi connectivity index (χ0n) is 20.3. The molecule has 0 amide bonds. The molecule has 0 aromatic heterocycles. The maximum atomic E-state index is 3.93. The van der Waals surface area contributed by atoms with Crippen LogP contribution in [0.1, 0.15) is 70.2 Å². The Balaban J connectivity index is 2.37. The molecule has 2 unspecified atom stereocenters. The molecule has 0 radical (unpaired) electrons. The zero-order chi connectivity index (χ0) is 22.0. The first-order chi connectivity index (χ1) is 13.3. The van der Waals surface area contributed by atoms with Crippen molar-refractivity contribution in [1.29, 1.82) is 0 Å². The number of para-hydroxylation sites is 2.